The second-order valence-corrected chi connectivity index (χ2v) is 16.6. The van der Waals surface area contributed by atoms with Crippen LogP contribution in [0.4, 0.5) is 17.1 Å². The molecule has 0 aliphatic heterocycles. The van der Waals surface area contributed by atoms with Gasteiger partial charge in [-0.05, 0) is 118 Å². The fourth-order valence-electron chi connectivity index (χ4n) is 7.66. The van der Waals surface area contributed by atoms with Gasteiger partial charge in [0.2, 0.25) is 0 Å². The molecule has 1 nitrogen and oxygen atoms in total. The SMILES string of the molecule is c1ccc(-c2ccc(-c3ccc(N(c4ccc5cc6sc7ccccc7c6cc5c4)c4ccc5cc6sc7ccccc7c6cc5c4)cc3)s2)cc1. The summed E-state index contributed by atoms with van der Waals surface area (Å²) in [7, 11) is 0. The van der Waals surface area contributed by atoms with Gasteiger partial charge in [0.05, 0.1) is 0 Å². The maximum atomic E-state index is 2.42. The monoisotopic (exact) mass is 715 g/mol. The number of fused-ring (bicyclic) bond motifs is 8. The Balaban J connectivity index is 1.06. The van der Waals surface area contributed by atoms with E-state index in [1.165, 1.54) is 82.8 Å². The van der Waals surface area contributed by atoms with Crippen molar-refractivity contribution >= 4 is 113 Å². The number of hydrogen-bond acceptors (Lipinski definition) is 4. The van der Waals surface area contributed by atoms with Gasteiger partial charge >= 0.3 is 0 Å². The van der Waals surface area contributed by atoms with Gasteiger partial charge in [-0.2, -0.15) is 0 Å². The second kappa shape index (κ2) is 11.9. The van der Waals surface area contributed by atoms with Crippen molar-refractivity contribution in [1.29, 1.82) is 0 Å². The zero-order chi connectivity index (χ0) is 34.2. The largest absolute Gasteiger partial charge is 0.310 e. The van der Waals surface area contributed by atoms with E-state index in [9.17, 15) is 0 Å². The molecule has 3 aromatic heterocycles. The Morgan fingerprint density at radius 1 is 0.288 bits per heavy atom. The van der Waals surface area contributed by atoms with E-state index in [0.717, 1.165) is 17.1 Å². The molecule has 8 aromatic carbocycles. The number of rotatable bonds is 5. The summed E-state index contributed by atoms with van der Waals surface area (Å²) in [6.07, 6.45) is 0. The van der Waals surface area contributed by atoms with Crippen LogP contribution < -0.4 is 4.90 Å². The van der Waals surface area contributed by atoms with Gasteiger partial charge in [0.15, 0.2) is 0 Å². The minimum absolute atomic E-state index is 1.13. The van der Waals surface area contributed by atoms with Crippen molar-refractivity contribution in [2.75, 3.05) is 4.90 Å². The Hall–Kier alpha value is -5.78. The van der Waals surface area contributed by atoms with Crippen molar-refractivity contribution in [3.8, 4) is 20.9 Å². The molecular weight excluding hydrogens is 687 g/mol. The molecule has 0 N–H and O–H groups in total. The highest BCUT2D eigenvalue weighted by atomic mass is 32.1. The van der Waals surface area contributed by atoms with Gasteiger partial charge in [-0.15, -0.1) is 34.0 Å². The van der Waals surface area contributed by atoms with Gasteiger partial charge < -0.3 is 4.90 Å². The molecule has 0 atom stereocenters. The highest BCUT2D eigenvalue weighted by Gasteiger charge is 2.17. The van der Waals surface area contributed by atoms with Crippen molar-refractivity contribution in [1.82, 2.24) is 0 Å². The number of anilines is 3. The molecule has 0 unspecified atom stereocenters. The van der Waals surface area contributed by atoms with Gasteiger partial charge in [0.25, 0.3) is 0 Å². The summed E-state index contributed by atoms with van der Waals surface area (Å²) in [4.78, 5) is 4.97. The van der Waals surface area contributed by atoms with E-state index in [4.69, 9.17) is 0 Å². The Kier molecular flexibility index (Phi) is 6.84. The van der Waals surface area contributed by atoms with E-state index in [1.807, 2.05) is 34.0 Å². The van der Waals surface area contributed by atoms with E-state index in [2.05, 4.69) is 181 Å². The van der Waals surface area contributed by atoms with Crippen LogP contribution in [0.3, 0.4) is 0 Å². The first-order valence-corrected chi connectivity index (χ1v) is 19.9. The number of hydrogen-bond donors (Lipinski definition) is 0. The molecule has 3 heterocycles. The summed E-state index contributed by atoms with van der Waals surface area (Å²) in [5.74, 6) is 0. The molecule has 52 heavy (non-hydrogen) atoms. The van der Waals surface area contributed by atoms with Crippen molar-refractivity contribution in [3.05, 3.63) is 176 Å². The van der Waals surface area contributed by atoms with Crippen LogP contribution in [0.2, 0.25) is 0 Å². The van der Waals surface area contributed by atoms with Crippen LogP contribution in [0.1, 0.15) is 0 Å². The zero-order valence-corrected chi connectivity index (χ0v) is 30.4. The quantitative estimate of drug-likeness (QED) is 0.171. The molecule has 244 valence electrons. The molecular formula is C48H29NS3. The van der Waals surface area contributed by atoms with Crippen LogP contribution in [-0.4, -0.2) is 0 Å². The first-order chi connectivity index (χ1) is 25.7. The molecule has 11 rings (SSSR count). The molecule has 0 aliphatic carbocycles. The van der Waals surface area contributed by atoms with Crippen molar-refractivity contribution in [3.63, 3.8) is 0 Å². The first kappa shape index (κ1) is 29.9. The van der Waals surface area contributed by atoms with E-state index in [1.54, 1.807) is 0 Å². The van der Waals surface area contributed by atoms with Gasteiger partial charge in [0, 0.05) is 67.2 Å². The normalized spacial score (nSPS) is 11.8. The molecule has 0 fully saturated rings. The van der Waals surface area contributed by atoms with Gasteiger partial charge in [-0.25, -0.2) is 0 Å². The standard InChI is InChI=1S/C48H29NS3/c1-2-8-30(9-3-1)43-22-23-44(50-43)31-14-18-36(19-15-31)49(37-20-16-32-28-47-41(26-34(32)24-37)39-10-4-6-12-45(39)51-47)38-21-17-33-29-48-42(27-35(33)25-38)40-11-5-7-13-46(40)52-48/h1-29H. The number of nitrogens with zero attached hydrogens (tertiary/aromatic N) is 1. The lowest BCUT2D eigenvalue weighted by Gasteiger charge is -2.26. The summed E-state index contributed by atoms with van der Waals surface area (Å²) in [5, 5.41) is 10.3. The molecule has 0 radical (unpaired) electrons. The maximum Gasteiger partial charge on any atom is 0.0468 e. The first-order valence-electron chi connectivity index (χ1n) is 17.5. The number of thiophene rings is 3. The zero-order valence-electron chi connectivity index (χ0n) is 27.9. The van der Waals surface area contributed by atoms with Crippen LogP contribution >= 0.6 is 34.0 Å². The molecule has 4 heteroatoms. The average molecular weight is 716 g/mol. The second-order valence-electron chi connectivity index (χ2n) is 13.4. The molecule has 0 saturated heterocycles. The third-order valence-electron chi connectivity index (χ3n) is 10.2. The van der Waals surface area contributed by atoms with E-state index >= 15 is 0 Å². The Morgan fingerprint density at radius 2 is 0.769 bits per heavy atom. The van der Waals surface area contributed by atoms with Crippen molar-refractivity contribution in [2.24, 2.45) is 0 Å². The van der Waals surface area contributed by atoms with E-state index < -0.39 is 0 Å². The van der Waals surface area contributed by atoms with Gasteiger partial charge in [-0.3, -0.25) is 0 Å². The van der Waals surface area contributed by atoms with Crippen LogP contribution in [0.5, 0.6) is 0 Å². The summed E-state index contributed by atoms with van der Waals surface area (Å²) in [6.45, 7) is 0. The van der Waals surface area contributed by atoms with Crippen LogP contribution in [-0.2, 0) is 0 Å². The van der Waals surface area contributed by atoms with Crippen LogP contribution in [0, 0.1) is 0 Å². The summed E-state index contributed by atoms with van der Waals surface area (Å²) >= 11 is 5.59. The van der Waals surface area contributed by atoms with Gasteiger partial charge in [0.1, 0.15) is 0 Å². The summed E-state index contributed by atoms with van der Waals surface area (Å²) in [6, 6.07) is 65.1. The lowest BCUT2D eigenvalue weighted by atomic mass is 10.0. The summed E-state index contributed by atoms with van der Waals surface area (Å²) in [5.41, 5.74) is 5.90. The lowest BCUT2D eigenvalue weighted by molar-refractivity contribution is 1.30. The number of benzene rings is 8. The molecule has 0 amide bonds. The molecule has 0 spiro atoms. The van der Waals surface area contributed by atoms with E-state index in [-0.39, 0.29) is 0 Å². The fraction of sp³-hybridized carbons (Fsp3) is 0. The minimum atomic E-state index is 1.13. The third-order valence-corrected chi connectivity index (χ3v) is 13.7. The topological polar surface area (TPSA) is 3.24 Å². The smallest absolute Gasteiger partial charge is 0.0468 e. The fourth-order valence-corrected chi connectivity index (χ4v) is 11.0. The lowest BCUT2D eigenvalue weighted by Crippen LogP contribution is -2.09. The van der Waals surface area contributed by atoms with Crippen molar-refractivity contribution in [2.45, 2.75) is 0 Å². The van der Waals surface area contributed by atoms with Gasteiger partial charge in [-0.1, -0.05) is 91.0 Å². The van der Waals surface area contributed by atoms with E-state index in [0.29, 0.717) is 0 Å². The Bertz CT molecular complexity index is 2970. The highest BCUT2D eigenvalue weighted by molar-refractivity contribution is 7.26. The average Bonchev–Trinajstić information content (AvgIpc) is 3.93. The minimum Gasteiger partial charge on any atom is -0.310 e. The predicted octanol–water partition coefficient (Wildman–Crippen LogP) is 15.6. The molecule has 0 aliphatic rings. The predicted molar refractivity (Wildman–Crippen MR) is 231 cm³/mol. The van der Waals surface area contributed by atoms with Crippen LogP contribution in [0.15, 0.2) is 176 Å². The Morgan fingerprint density at radius 3 is 1.33 bits per heavy atom. The summed E-state index contributed by atoms with van der Waals surface area (Å²) < 4.78 is 5.33. The highest BCUT2D eigenvalue weighted by Crippen LogP contribution is 2.43. The van der Waals surface area contributed by atoms with Crippen LogP contribution in [0.25, 0.3) is 82.8 Å². The Labute approximate surface area is 312 Å². The molecule has 0 bridgehead atoms. The third kappa shape index (κ3) is 4.95. The molecule has 11 aromatic rings. The molecule has 0 saturated carbocycles. The van der Waals surface area contributed by atoms with Crippen molar-refractivity contribution < 1.29 is 0 Å². The maximum absolute atomic E-state index is 2.42.